The molecule has 1 aromatic heterocycles. The zero-order valence-electron chi connectivity index (χ0n) is 11.4. The minimum atomic E-state index is -4.49. The highest BCUT2D eigenvalue weighted by molar-refractivity contribution is 7.90. The van der Waals surface area contributed by atoms with Crippen LogP contribution in [0.15, 0.2) is 18.3 Å². The zero-order valence-corrected chi connectivity index (χ0v) is 12.2. The van der Waals surface area contributed by atoms with Gasteiger partial charge in [0.1, 0.15) is 16.4 Å². The van der Waals surface area contributed by atoms with E-state index in [4.69, 9.17) is 9.88 Å². The fraction of sp³-hybridized carbons (Fsp3) is 0.583. The first-order chi connectivity index (χ1) is 9.08. The Morgan fingerprint density at radius 2 is 2.00 bits per heavy atom. The van der Waals surface area contributed by atoms with E-state index in [2.05, 4.69) is 4.98 Å². The van der Waals surface area contributed by atoms with E-state index >= 15 is 0 Å². The van der Waals surface area contributed by atoms with Crippen LogP contribution in [0.4, 0.5) is 13.2 Å². The molecule has 0 aliphatic heterocycles. The Balaban J connectivity index is 3.07. The normalized spacial score (nSPS) is 15.8. The summed E-state index contributed by atoms with van der Waals surface area (Å²) in [5.74, 6) is -1.45. The van der Waals surface area contributed by atoms with Gasteiger partial charge in [-0.25, -0.2) is 0 Å². The second kappa shape index (κ2) is 6.19. The number of nitrogens with two attached hydrogens (primary N) is 1. The maximum atomic E-state index is 13.2. The van der Waals surface area contributed by atoms with Gasteiger partial charge in [-0.05, 0) is 26.0 Å². The number of hydrogen-bond donors (Lipinski definition) is 1. The number of nitrogens with zero attached hydrogens (tertiary/aromatic N) is 1. The minimum Gasteiger partial charge on any atom is -0.598 e. The molecule has 20 heavy (non-hydrogen) atoms. The highest BCUT2D eigenvalue weighted by Crippen LogP contribution is 2.41. The van der Waals surface area contributed by atoms with Gasteiger partial charge in [0.25, 0.3) is 0 Å². The average molecular weight is 310 g/mol. The van der Waals surface area contributed by atoms with E-state index in [-0.39, 0.29) is 5.69 Å². The van der Waals surface area contributed by atoms with Crippen molar-refractivity contribution in [2.75, 3.05) is 7.11 Å². The standard InChI is InChI=1S/C12H17F3N2O2S/c1-11(2,20(16)18)6-9(12(13,14)15)10-5-4-8(19-3)7-17-10/h4-5,7,9H,6,16H2,1-3H3/t9-,20-/m1/s1. The summed E-state index contributed by atoms with van der Waals surface area (Å²) in [7, 11) is 1.40. The summed E-state index contributed by atoms with van der Waals surface area (Å²) < 4.78 is 54.6. The monoisotopic (exact) mass is 310 g/mol. The summed E-state index contributed by atoms with van der Waals surface area (Å²) in [6, 6.07) is 2.67. The Bertz CT molecular complexity index is 435. The molecule has 1 aromatic rings. The van der Waals surface area contributed by atoms with Crippen molar-refractivity contribution in [1.29, 1.82) is 0 Å². The summed E-state index contributed by atoms with van der Waals surface area (Å²) in [5.41, 5.74) is -0.142. The predicted molar refractivity (Wildman–Crippen MR) is 70.6 cm³/mol. The second-order valence-electron chi connectivity index (χ2n) is 4.98. The lowest BCUT2D eigenvalue weighted by atomic mass is 9.92. The third-order valence-corrected chi connectivity index (χ3v) is 4.24. The lowest BCUT2D eigenvalue weighted by Crippen LogP contribution is -2.41. The molecule has 0 aliphatic rings. The Labute approximate surface area is 118 Å². The van der Waals surface area contributed by atoms with Crippen molar-refractivity contribution >= 4 is 11.4 Å². The summed E-state index contributed by atoms with van der Waals surface area (Å²) in [5, 5.41) is 5.25. The van der Waals surface area contributed by atoms with E-state index in [9.17, 15) is 17.7 Å². The molecule has 0 aromatic carbocycles. The zero-order chi connectivity index (χ0) is 15.6. The van der Waals surface area contributed by atoms with Crippen LogP contribution in [0.25, 0.3) is 0 Å². The number of hydrogen-bond acceptors (Lipinski definition) is 4. The van der Waals surface area contributed by atoms with Crippen LogP contribution in [-0.2, 0) is 11.4 Å². The third-order valence-electron chi connectivity index (χ3n) is 2.99. The number of alkyl halides is 3. The molecule has 1 rings (SSSR count). The molecule has 0 unspecified atom stereocenters. The largest absolute Gasteiger partial charge is 0.598 e. The molecular formula is C12H17F3N2O2S. The SMILES string of the molecule is COc1ccc([C@@H](CC(C)(C)[S@+](N)[O-])C(F)(F)F)nc1. The number of methoxy groups -OCH3 is 1. The molecule has 1 heterocycles. The maximum absolute atomic E-state index is 13.2. The van der Waals surface area contributed by atoms with Crippen molar-refractivity contribution in [3.63, 3.8) is 0 Å². The van der Waals surface area contributed by atoms with Crippen LogP contribution in [0.5, 0.6) is 5.75 Å². The highest BCUT2D eigenvalue weighted by atomic mass is 32.2. The molecule has 0 bridgehead atoms. The predicted octanol–water partition coefficient (Wildman–Crippen LogP) is 2.53. The topological polar surface area (TPSA) is 71.2 Å². The van der Waals surface area contributed by atoms with E-state index in [1.165, 1.54) is 39.3 Å². The molecule has 2 N–H and O–H groups in total. The number of rotatable bonds is 5. The number of aromatic nitrogens is 1. The Kier molecular flexibility index (Phi) is 5.28. The molecule has 4 nitrogen and oxygen atoms in total. The summed E-state index contributed by atoms with van der Waals surface area (Å²) in [6.45, 7) is 2.87. The first kappa shape index (κ1) is 17.1. The summed E-state index contributed by atoms with van der Waals surface area (Å²) in [6.07, 6.45) is -3.67. The highest BCUT2D eigenvalue weighted by Gasteiger charge is 2.47. The first-order valence-corrected chi connectivity index (χ1v) is 7.02. The van der Waals surface area contributed by atoms with Crippen LogP contribution in [0.1, 0.15) is 31.9 Å². The summed E-state index contributed by atoms with van der Waals surface area (Å²) in [4.78, 5) is 3.78. The van der Waals surface area contributed by atoms with E-state index in [1.54, 1.807) is 0 Å². The molecule has 0 saturated heterocycles. The molecule has 114 valence electrons. The van der Waals surface area contributed by atoms with Gasteiger partial charge in [0, 0.05) is 17.8 Å². The van der Waals surface area contributed by atoms with Gasteiger partial charge in [0.2, 0.25) is 0 Å². The molecule has 2 atom stereocenters. The Hall–Kier alpha value is -0.990. The van der Waals surface area contributed by atoms with Crippen LogP contribution in [0, 0.1) is 0 Å². The minimum absolute atomic E-state index is 0.142. The summed E-state index contributed by atoms with van der Waals surface area (Å²) >= 11 is -1.86. The molecule has 0 radical (unpaired) electrons. The number of pyridine rings is 1. The van der Waals surface area contributed by atoms with Gasteiger partial charge in [-0.3, -0.25) is 4.98 Å². The maximum Gasteiger partial charge on any atom is 0.397 e. The molecule has 0 saturated carbocycles. The van der Waals surface area contributed by atoms with Gasteiger partial charge < -0.3 is 9.29 Å². The van der Waals surface area contributed by atoms with E-state index < -0.39 is 34.6 Å². The van der Waals surface area contributed by atoms with Crippen molar-refractivity contribution < 1.29 is 22.5 Å². The van der Waals surface area contributed by atoms with Crippen molar-refractivity contribution in [3.8, 4) is 5.75 Å². The van der Waals surface area contributed by atoms with Crippen LogP contribution >= 0.6 is 0 Å². The average Bonchev–Trinajstić information content (AvgIpc) is 2.35. The van der Waals surface area contributed by atoms with Gasteiger partial charge in [-0.1, -0.05) is 0 Å². The van der Waals surface area contributed by atoms with Crippen LogP contribution in [-0.4, -0.2) is 27.6 Å². The van der Waals surface area contributed by atoms with Gasteiger partial charge in [0.15, 0.2) is 0 Å². The smallest absolute Gasteiger partial charge is 0.397 e. The second-order valence-corrected chi connectivity index (χ2v) is 6.68. The molecular weight excluding hydrogens is 293 g/mol. The fourth-order valence-electron chi connectivity index (χ4n) is 1.68. The van der Waals surface area contributed by atoms with Gasteiger partial charge >= 0.3 is 6.18 Å². The van der Waals surface area contributed by atoms with Gasteiger partial charge in [-0.2, -0.15) is 18.3 Å². The third kappa shape index (κ3) is 4.26. The van der Waals surface area contributed by atoms with Crippen LogP contribution in [0.2, 0.25) is 0 Å². The number of ether oxygens (including phenoxy) is 1. The van der Waals surface area contributed by atoms with Crippen molar-refractivity contribution in [3.05, 3.63) is 24.0 Å². The van der Waals surface area contributed by atoms with Crippen LogP contribution in [0.3, 0.4) is 0 Å². The van der Waals surface area contributed by atoms with Crippen LogP contribution < -0.4 is 9.88 Å². The van der Waals surface area contributed by atoms with E-state index in [0.717, 1.165) is 0 Å². The number of halogens is 3. The molecule has 0 spiro atoms. The molecule has 0 amide bonds. The molecule has 0 fully saturated rings. The van der Waals surface area contributed by atoms with Crippen molar-refractivity contribution in [2.24, 2.45) is 5.14 Å². The Morgan fingerprint density at radius 1 is 1.40 bits per heavy atom. The van der Waals surface area contributed by atoms with Crippen molar-refractivity contribution in [1.82, 2.24) is 4.98 Å². The quantitative estimate of drug-likeness (QED) is 0.848. The fourth-order valence-corrected chi connectivity index (χ4v) is 2.01. The lowest BCUT2D eigenvalue weighted by Gasteiger charge is -2.29. The molecule has 0 aliphatic carbocycles. The van der Waals surface area contributed by atoms with Gasteiger partial charge in [-0.15, -0.1) is 0 Å². The lowest BCUT2D eigenvalue weighted by molar-refractivity contribution is -0.154. The van der Waals surface area contributed by atoms with E-state index in [1.807, 2.05) is 0 Å². The van der Waals surface area contributed by atoms with Gasteiger partial charge in [0.05, 0.1) is 19.0 Å². The molecule has 8 heteroatoms. The van der Waals surface area contributed by atoms with Crippen molar-refractivity contribution in [2.45, 2.75) is 37.1 Å². The Morgan fingerprint density at radius 3 is 2.35 bits per heavy atom. The first-order valence-electron chi connectivity index (χ1n) is 5.81. The van der Waals surface area contributed by atoms with E-state index in [0.29, 0.717) is 5.75 Å².